The molecule has 0 radical (unpaired) electrons. The molecule has 0 rings (SSSR count). The number of rotatable bonds is 13. The van der Waals surface area contributed by atoms with Crippen molar-refractivity contribution in [1.82, 2.24) is 5.32 Å². The molecule has 0 saturated heterocycles. The SMILES string of the molecule is CCCCCOCCOCC(=O)NCCCC(C)C. The predicted molar refractivity (Wildman–Crippen MR) is 78.2 cm³/mol. The standard InChI is InChI=1S/C15H31NO3/c1-4-5-6-10-18-11-12-19-13-15(17)16-9-7-8-14(2)3/h14H,4-13H2,1-3H3,(H,16,17). The zero-order valence-corrected chi connectivity index (χ0v) is 12.9. The first kappa shape index (κ1) is 18.4. The summed E-state index contributed by atoms with van der Waals surface area (Å²) < 4.78 is 10.6. The Morgan fingerprint density at radius 1 is 1.05 bits per heavy atom. The summed E-state index contributed by atoms with van der Waals surface area (Å²) in [7, 11) is 0. The van der Waals surface area contributed by atoms with Crippen LogP contribution in [-0.2, 0) is 14.3 Å². The average molecular weight is 273 g/mol. The molecular formula is C15H31NO3. The Balaban J connectivity index is 3.16. The van der Waals surface area contributed by atoms with Gasteiger partial charge in [0.1, 0.15) is 6.61 Å². The van der Waals surface area contributed by atoms with E-state index in [1.165, 1.54) is 12.8 Å². The van der Waals surface area contributed by atoms with Crippen molar-refractivity contribution >= 4 is 5.91 Å². The lowest BCUT2D eigenvalue weighted by molar-refractivity contribution is -0.126. The normalized spacial score (nSPS) is 10.9. The fraction of sp³-hybridized carbons (Fsp3) is 0.933. The molecule has 0 aliphatic heterocycles. The molecular weight excluding hydrogens is 242 g/mol. The second-order valence-corrected chi connectivity index (χ2v) is 5.26. The largest absolute Gasteiger partial charge is 0.379 e. The summed E-state index contributed by atoms with van der Waals surface area (Å²) in [5.74, 6) is 0.660. The number of carbonyl (C=O) groups is 1. The van der Waals surface area contributed by atoms with Gasteiger partial charge in [-0.1, -0.05) is 33.6 Å². The van der Waals surface area contributed by atoms with Crippen molar-refractivity contribution in [2.75, 3.05) is 33.0 Å². The van der Waals surface area contributed by atoms with Crippen molar-refractivity contribution in [3.05, 3.63) is 0 Å². The van der Waals surface area contributed by atoms with Crippen LogP contribution in [0.3, 0.4) is 0 Å². The molecule has 0 bridgehead atoms. The first-order valence-electron chi connectivity index (χ1n) is 7.59. The van der Waals surface area contributed by atoms with Crippen LogP contribution in [-0.4, -0.2) is 38.9 Å². The maximum atomic E-state index is 11.4. The van der Waals surface area contributed by atoms with Crippen molar-refractivity contribution in [3.63, 3.8) is 0 Å². The van der Waals surface area contributed by atoms with Crippen LogP contribution < -0.4 is 5.32 Å². The highest BCUT2D eigenvalue weighted by Gasteiger charge is 2.01. The summed E-state index contributed by atoms with van der Waals surface area (Å²) in [6, 6.07) is 0. The maximum absolute atomic E-state index is 11.4. The van der Waals surface area contributed by atoms with Crippen LogP contribution >= 0.6 is 0 Å². The Labute approximate surface area is 118 Å². The van der Waals surface area contributed by atoms with E-state index in [4.69, 9.17) is 9.47 Å². The molecule has 0 spiro atoms. The minimum atomic E-state index is -0.0326. The Kier molecular flexibility index (Phi) is 13.4. The van der Waals surface area contributed by atoms with Gasteiger partial charge in [-0.05, 0) is 25.2 Å². The van der Waals surface area contributed by atoms with Gasteiger partial charge in [-0.2, -0.15) is 0 Å². The number of hydrogen-bond acceptors (Lipinski definition) is 3. The minimum absolute atomic E-state index is 0.0326. The molecule has 0 fully saturated rings. The fourth-order valence-corrected chi connectivity index (χ4v) is 1.63. The second kappa shape index (κ2) is 13.8. The van der Waals surface area contributed by atoms with E-state index in [-0.39, 0.29) is 12.5 Å². The van der Waals surface area contributed by atoms with Crippen LogP contribution in [0.2, 0.25) is 0 Å². The molecule has 0 aliphatic rings. The molecule has 0 atom stereocenters. The fourth-order valence-electron chi connectivity index (χ4n) is 1.63. The van der Waals surface area contributed by atoms with Crippen LogP contribution in [0.15, 0.2) is 0 Å². The maximum Gasteiger partial charge on any atom is 0.245 e. The van der Waals surface area contributed by atoms with E-state index >= 15 is 0 Å². The van der Waals surface area contributed by atoms with Crippen molar-refractivity contribution in [2.24, 2.45) is 5.92 Å². The van der Waals surface area contributed by atoms with Crippen LogP contribution in [0, 0.1) is 5.92 Å². The van der Waals surface area contributed by atoms with Gasteiger partial charge in [-0.3, -0.25) is 4.79 Å². The lowest BCUT2D eigenvalue weighted by Crippen LogP contribution is -2.29. The molecule has 0 heterocycles. The molecule has 1 amide bonds. The van der Waals surface area contributed by atoms with Crippen molar-refractivity contribution < 1.29 is 14.3 Å². The molecule has 0 unspecified atom stereocenters. The van der Waals surface area contributed by atoms with Crippen LogP contribution in [0.1, 0.15) is 52.9 Å². The molecule has 0 aromatic heterocycles. The van der Waals surface area contributed by atoms with Crippen molar-refractivity contribution in [2.45, 2.75) is 52.9 Å². The van der Waals surface area contributed by atoms with E-state index in [0.717, 1.165) is 32.4 Å². The summed E-state index contributed by atoms with van der Waals surface area (Å²) in [4.78, 5) is 11.4. The van der Waals surface area contributed by atoms with Gasteiger partial charge in [0.25, 0.3) is 0 Å². The predicted octanol–water partition coefficient (Wildman–Crippen LogP) is 2.76. The highest BCUT2D eigenvalue weighted by atomic mass is 16.5. The third kappa shape index (κ3) is 15.3. The number of carbonyl (C=O) groups excluding carboxylic acids is 1. The van der Waals surface area contributed by atoms with E-state index in [1.54, 1.807) is 0 Å². The topological polar surface area (TPSA) is 47.6 Å². The number of ether oxygens (including phenoxy) is 2. The number of hydrogen-bond donors (Lipinski definition) is 1. The van der Waals surface area contributed by atoms with Crippen LogP contribution in [0.25, 0.3) is 0 Å². The number of nitrogens with one attached hydrogen (secondary N) is 1. The Hall–Kier alpha value is -0.610. The lowest BCUT2D eigenvalue weighted by atomic mass is 10.1. The molecule has 0 aromatic carbocycles. The summed E-state index contributed by atoms with van der Waals surface area (Å²) >= 11 is 0. The summed E-state index contributed by atoms with van der Waals surface area (Å²) in [5.41, 5.74) is 0. The van der Waals surface area contributed by atoms with E-state index in [2.05, 4.69) is 26.1 Å². The van der Waals surface area contributed by atoms with Crippen molar-refractivity contribution in [3.8, 4) is 0 Å². The second-order valence-electron chi connectivity index (χ2n) is 5.26. The molecule has 4 heteroatoms. The monoisotopic (exact) mass is 273 g/mol. The molecule has 1 N–H and O–H groups in total. The van der Waals surface area contributed by atoms with Gasteiger partial charge in [0, 0.05) is 13.2 Å². The molecule has 4 nitrogen and oxygen atoms in total. The van der Waals surface area contributed by atoms with E-state index < -0.39 is 0 Å². The summed E-state index contributed by atoms with van der Waals surface area (Å²) in [6.45, 7) is 9.28. The molecule has 0 aromatic rings. The third-order valence-corrected chi connectivity index (χ3v) is 2.78. The molecule has 0 saturated carbocycles. The zero-order chi connectivity index (χ0) is 14.3. The van der Waals surface area contributed by atoms with Crippen LogP contribution in [0.4, 0.5) is 0 Å². The third-order valence-electron chi connectivity index (χ3n) is 2.78. The molecule has 19 heavy (non-hydrogen) atoms. The first-order valence-corrected chi connectivity index (χ1v) is 7.59. The highest BCUT2D eigenvalue weighted by molar-refractivity contribution is 5.77. The van der Waals surface area contributed by atoms with Gasteiger partial charge < -0.3 is 14.8 Å². The lowest BCUT2D eigenvalue weighted by Gasteiger charge is -2.08. The van der Waals surface area contributed by atoms with Gasteiger partial charge in [-0.15, -0.1) is 0 Å². The van der Waals surface area contributed by atoms with E-state index in [1.807, 2.05) is 0 Å². The van der Waals surface area contributed by atoms with Gasteiger partial charge in [0.15, 0.2) is 0 Å². The number of unbranched alkanes of at least 4 members (excludes halogenated alkanes) is 2. The molecule has 114 valence electrons. The Bertz CT molecular complexity index is 208. The smallest absolute Gasteiger partial charge is 0.245 e. The quantitative estimate of drug-likeness (QED) is 0.525. The zero-order valence-electron chi connectivity index (χ0n) is 12.9. The summed E-state index contributed by atoms with van der Waals surface area (Å²) in [6.07, 6.45) is 5.69. The van der Waals surface area contributed by atoms with E-state index in [0.29, 0.717) is 19.1 Å². The summed E-state index contributed by atoms with van der Waals surface area (Å²) in [5, 5.41) is 2.85. The Morgan fingerprint density at radius 3 is 2.47 bits per heavy atom. The Morgan fingerprint density at radius 2 is 1.79 bits per heavy atom. The molecule has 0 aliphatic carbocycles. The van der Waals surface area contributed by atoms with Gasteiger partial charge in [-0.25, -0.2) is 0 Å². The number of amides is 1. The van der Waals surface area contributed by atoms with Crippen molar-refractivity contribution in [1.29, 1.82) is 0 Å². The van der Waals surface area contributed by atoms with Crippen LogP contribution in [0.5, 0.6) is 0 Å². The average Bonchev–Trinajstić information content (AvgIpc) is 2.37. The van der Waals surface area contributed by atoms with Gasteiger partial charge in [0.05, 0.1) is 13.2 Å². The minimum Gasteiger partial charge on any atom is -0.379 e. The van der Waals surface area contributed by atoms with E-state index in [9.17, 15) is 4.79 Å². The highest BCUT2D eigenvalue weighted by Crippen LogP contribution is 2.01. The first-order chi connectivity index (χ1) is 9.16. The van der Waals surface area contributed by atoms with Gasteiger partial charge in [0.2, 0.25) is 5.91 Å². The van der Waals surface area contributed by atoms with Gasteiger partial charge >= 0.3 is 0 Å².